The first-order valence-electron chi connectivity index (χ1n) is 8.55. The minimum atomic E-state index is -0.659. The maximum absolute atomic E-state index is 12.0. The molecule has 0 saturated heterocycles. The van der Waals surface area contributed by atoms with E-state index in [0.717, 1.165) is 10.9 Å². The number of carbonyl (C=O) groups excluding carboxylic acids is 1. The van der Waals surface area contributed by atoms with Gasteiger partial charge in [0.15, 0.2) is 0 Å². The number of esters is 1. The van der Waals surface area contributed by atoms with E-state index in [4.69, 9.17) is 9.15 Å². The van der Waals surface area contributed by atoms with E-state index >= 15 is 0 Å². The molecule has 0 unspecified atom stereocenters. The Balaban J connectivity index is 1.80. The van der Waals surface area contributed by atoms with Gasteiger partial charge in [0, 0.05) is 35.7 Å². The number of nitro benzene ring substituents is 1. The second-order valence-corrected chi connectivity index (χ2v) is 6.44. The molecule has 0 amide bonds. The maximum Gasteiger partial charge on any atom is 0.336 e. The number of ether oxygens (including phenoxy) is 1. The van der Waals surface area contributed by atoms with E-state index < -0.39 is 16.5 Å². The van der Waals surface area contributed by atoms with Gasteiger partial charge < -0.3 is 9.15 Å². The van der Waals surface area contributed by atoms with Crippen LogP contribution in [0.4, 0.5) is 5.69 Å². The normalized spacial score (nSPS) is 11.2. The maximum atomic E-state index is 12.0. The second-order valence-electron chi connectivity index (χ2n) is 6.44. The average molecular weight is 379 g/mol. The van der Waals surface area contributed by atoms with Crippen LogP contribution in [0.5, 0.6) is 5.75 Å². The molecule has 1 aromatic heterocycles. The van der Waals surface area contributed by atoms with E-state index in [-0.39, 0.29) is 17.4 Å². The van der Waals surface area contributed by atoms with Gasteiger partial charge in [-0.25, -0.2) is 9.59 Å². The number of carbonyl (C=O) groups is 1. The first kappa shape index (κ1) is 19.0. The molecule has 0 bridgehead atoms. The number of nitrogens with zero attached hydrogens (tertiary/aromatic N) is 1. The SMILES string of the molecule is CC(C)c1cc(=O)oc2cc(OC(=O)/C=C/c3cccc([N+](=O)[O-])c3)ccc12. The van der Waals surface area contributed by atoms with Crippen LogP contribution in [0.1, 0.15) is 30.9 Å². The summed E-state index contributed by atoms with van der Waals surface area (Å²) in [7, 11) is 0. The van der Waals surface area contributed by atoms with Gasteiger partial charge in [-0.2, -0.15) is 0 Å². The molecule has 7 nitrogen and oxygen atoms in total. The van der Waals surface area contributed by atoms with E-state index in [1.807, 2.05) is 13.8 Å². The van der Waals surface area contributed by atoms with Gasteiger partial charge in [0.25, 0.3) is 5.69 Å². The standard InChI is InChI=1S/C21H17NO6/c1-13(2)18-12-21(24)28-19-11-16(7-8-17(18)19)27-20(23)9-6-14-4-3-5-15(10-14)22(25)26/h3-13H,1-2H3/b9-6+. The molecule has 0 aliphatic carbocycles. The molecular weight excluding hydrogens is 362 g/mol. The van der Waals surface area contributed by atoms with Crippen molar-refractivity contribution >= 4 is 28.7 Å². The van der Waals surface area contributed by atoms with Crippen molar-refractivity contribution < 1.29 is 18.9 Å². The molecule has 3 rings (SSSR count). The summed E-state index contributed by atoms with van der Waals surface area (Å²) >= 11 is 0. The van der Waals surface area contributed by atoms with E-state index in [0.29, 0.717) is 11.1 Å². The first-order chi connectivity index (χ1) is 13.3. The third-order valence-corrected chi connectivity index (χ3v) is 4.08. The number of hydrogen-bond donors (Lipinski definition) is 0. The van der Waals surface area contributed by atoms with Crippen molar-refractivity contribution in [1.29, 1.82) is 0 Å². The monoisotopic (exact) mass is 379 g/mol. The van der Waals surface area contributed by atoms with E-state index in [1.54, 1.807) is 18.2 Å². The first-order valence-corrected chi connectivity index (χ1v) is 8.55. The predicted molar refractivity (Wildman–Crippen MR) is 104 cm³/mol. The Kier molecular flexibility index (Phi) is 5.35. The van der Waals surface area contributed by atoms with Gasteiger partial charge in [-0.3, -0.25) is 10.1 Å². The molecule has 0 radical (unpaired) electrons. The van der Waals surface area contributed by atoms with Crippen LogP contribution in [0.2, 0.25) is 0 Å². The topological polar surface area (TPSA) is 99.7 Å². The minimum absolute atomic E-state index is 0.0685. The summed E-state index contributed by atoms with van der Waals surface area (Å²) < 4.78 is 10.5. The van der Waals surface area contributed by atoms with Crippen molar-refractivity contribution in [3.05, 3.63) is 86.3 Å². The van der Waals surface area contributed by atoms with Crippen LogP contribution in [-0.4, -0.2) is 10.9 Å². The van der Waals surface area contributed by atoms with E-state index in [9.17, 15) is 19.7 Å². The minimum Gasteiger partial charge on any atom is -0.423 e. The lowest BCUT2D eigenvalue weighted by Gasteiger charge is -2.09. The van der Waals surface area contributed by atoms with Crippen molar-refractivity contribution in [2.24, 2.45) is 0 Å². The summed E-state index contributed by atoms with van der Waals surface area (Å²) in [5.41, 5.74) is 1.15. The molecule has 142 valence electrons. The van der Waals surface area contributed by atoms with Crippen LogP contribution in [0.15, 0.2) is 63.8 Å². The van der Waals surface area contributed by atoms with Crippen LogP contribution < -0.4 is 10.4 Å². The van der Waals surface area contributed by atoms with Crippen molar-refractivity contribution in [3.8, 4) is 5.75 Å². The highest BCUT2D eigenvalue weighted by molar-refractivity contribution is 5.90. The smallest absolute Gasteiger partial charge is 0.336 e. The average Bonchev–Trinajstić information content (AvgIpc) is 2.65. The molecule has 1 heterocycles. The molecule has 0 saturated carbocycles. The summed E-state index contributed by atoms with van der Waals surface area (Å²) in [5.74, 6) is -0.295. The zero-order valence-corrected chi connectivity index (χ0v) is 15.2. The summed E-state index contributed by atoms with van der Waals surface area (Å²) in [6, 6.07) is 12.2. The Hall–Kier alpha value is -3.74. The fourth-order valence-electron chi connectivity index (χ4n) is 2.77. The Morgan fingerprint density at radius 1 is 1.18 bits per heavy atom. The van der Waals surface area contributed by atoms with Gasteiger partial charge in [0.05, 0.1) is 4.92 Å². The number of fused-ring (bicyclic) bond motifs is 1. The number of rotatable bonds is 5. The highest BCUT2D eigenvalue weighted by atomic mass is 16.6. The van der Waals surface area contributed by atoms with E-state index in [2.05, 4.69) is 0 Å². The molecular formula is C21H17NO6. The molecule has 28 heavy (non-hydrogen) atoms. The highest BCUT2D eigenvalue weighted by Crippen LogP contribution is 2.27. The lowest BCUT2D eigenvalue weighted by Crippen LogP contribution is -2.05. The highest BCUT2D eigenvalue weighted by Gasteiger charge is 2.11. The largest absolute Gasteiger partial charge is 0.423 e. The van der Waals surface area contributed by atoms with Crippen LogP contribution >= 0.6 is 0 Å². The van der Waals surface area contributed by atoms with Gasteiger partial charge in [0.2, 0.25) is 0 Å². The number of nitro groups is 1. The van der Waals surface area contributed by atoms with Crippen LogP contribution in [-0.2, 0) is 4.79 Å². The summed E-state index contributed by atoms with van der Waals surface area (Å²) in [6.07, 6.45) is 2.59. The Morgan fingerprint density at radius 3 is 2.68 bits per heavy atom. The molecule has 0 atom stereocenters. The third-order valence-electron chi connectivity index (χ3n) is 4.08. The third kappa shape index (κ3) is 4.32. The van der Waals surface area contributed by atoms with Gasteiger partial charge >= 0.3 is 11.6 Å². The number of non-ortho nitro benzene ring substituents is 1. The second kappa shape index (κ2) is 7.87. The molecule has 7 heteroatoms. The summed E-state index contributed by atoms with van der Waals surface area (Å²) in [4.78, 5) is 34.1. The van der Waals surface area contributed by atoms with Crippen molar-refractivity contribution in [2.45, 2.75) is 19.8 Å². The van der Waals surface area contributed by atoms with Crippen LogP contribution in [0.3, 0.4) is 0 Å². The predicted octanol–water partition coefficient (Wildman–Crippen LogP) is 4.44. The van der Waals surface area contributed by atoms with Gasteiger partial charge in [0.1, 0.15) is 11.3 Å². The van der Waals surface area contributed by atoms with Crippen molar-refractivity contribution in [3.63, 3.8) is 0 Å². The fraction of sp³-hybridized carbons (Fsp3) is 0.143. The number of benzene rings is 2. The molecule has 0 spiro atoms. The quantitative estimate of drug-likeness (QED) is 0.162. The van der Waals surface area contributed by atoms with Crippen molar-refractivity contribution in [2.75, 3.05) is 0 Å². The zero-order chi connectivity index (χ0) is 20.3. The summed E-state index contributed by atoms with van der Waals surface area (Å²) in [6.45, 7) is 3.95. The fourth-order valence-corrected chi connectivity index (χ4v) is 2.77. The molecule has 0 N–H and O–H groups in total. The lowest BCUT2D eigenvalue weighted by molar-refractivity contribution is -0.384. The van der Waals surface area contributed by atoms with Crippen LogP contribution in [0.25, 0.3) is 17.0 Å². The van der Waals surface area contributed by atoms with Crippen molar-refractivity contribution in [1.82, 2.24) is 0 Å². The lowest BCUT2D eigenvalue weighted by atomic mass is 10.00. The van der Waals surface area contributed by atoms with Gasteiger partial charge in [-0.1, -0.05) is 26.0 Å². The Labute approximate surface area is 160 Å². The molecule has 0 fully saturated rings. The van der Waals surface area contributed by atoms with E-state index in [1.165, 1.54) is 42.5 Å². The Morgan fingerprint density at radius 2 is 1.96 bits per heavy atom. The zero-order valence-electron chi connectivity index (χ0n) is 15.2. The summed E-state index contributed by atoms with van der Waals surface area (Å²) in [5, 5.41) is 11.6. The molecule has 3 aromatic rings. The molecule has 0 aliphatic heterocycles. The van der Waals surface area contributed by atoms with Gasteiger partial charge in [-0.15, -0.1) is 0 Å². The van der Waals surface area contributed by atoms with Gasteiger partial charge in [-0.05, 0) is 35.3 Å². The molecule has 2 aromatic carbocycles. The molecule has 0 aliphatic rings. The van der Waals surface area contributed by atoms with Crippen LogP contribution in [0, 0.1) is 10.1 Å². The number of hydrogen-bond acceptors (Lipinski definition) is 6. The Bertz CT molecular complexity index is 1140.